The van der Waals surface area contributed by atoms with Crippen molar-refractivity contribution in [2.24, 2.45) is 5.92 Å². The standard InChI is InChI=1S/C23H26N2O5/c1-16(2)15-30-18-7-5-17(6-8-18)20-21(24-9-12-28-13-10-24)23(27)25(22(20)26)14-19-4-3-11-29-19/h3-8,11,16H,9-10,12-15H2,1-2H3. The van der Waals surface area contributed by atoms with Gasteiger partial charge in [-0.3, -0.25) is 14.5 Å². The average Bonchev–Trinajstić information content (AvgIpc) is 3.35. The second-order valence-corrected chi connectivity index (χ2v) is 7.83. The maximum absolute atomic E-state index is 13.3. The Morgan fingerprint density at radius 2 is 1.77 bits per heavy atom. The topological polar surface area (TPSA) is 72.2 Å². The van der Waals surface area contributed by atoms with E-state index in [0.29, 0.717) is 61.4 Å². The minimum atomic E-state index is -0.311. The number of nitrogens with zero attached hydrogens (tertiary/aromatic N) is 2. The van der Waals surface area contributed by atoms with Crippen molar-refractivity contribution in [3.63, 3.8) is 0 Å². The number of rotatable bonds is 7. The van der Waals surface area contributed by atoms with Gasteiger partial charge in [0.1, 0.15) is 17.2 Å². The van der Waals surface area contributed by atoms with Crippen LogP contribution in [0.25, 0.3) is 5.57 Å². The number of hydrogen-bond acceptors (Lipinski definition) is 6. The molecule has 2 aliphatic rings. The lowest BCUT2D eigenvalue weighted by Gasteiger charge is -2.29. The van der Waals surface area contributed by atoms with Crippen molar-refractivity contribution in [1.82, 2.24) is 9.80 Å². The van der Waals surface area contributed by atoms with Crippen LogP contribution in [-0.4, -0.2) is 54.5 Å². The van der Waals surface area contributed by atoms with Crippen LogP contribution in [0.15, 0.2) is 52.8 Å². The molecule has 7 heteroatoms. The molecule has 0 radical (unpaired) electrons. The molecular formula is C23H26N2O5. The Labute approximate surface area is 175 Å². The lowest BCUT2D eigenvalue weighted by Crippen LogP contribution is -2.40. The number of furan rings is 1. The van der Waals surface area contributed by atoms with Gasteiger partial charge in [-0.05, 0) is 35.7 Å². The first kappa shape index (κ1) is 20.2. The van der Waals surface area contributed by atoms with Crippen LogP contribution >= 0.6 is 0 Å². The fraction of sp³-hybridized carbons (Fsp3) is 0.391. The van der Waals surface area contributed by atoms with Crippen molar-refractivity contribution < 1.29 is 23.5 Å². The number of carbonyl (C=O) groups excluding carboxylic acids is 2. The van der Waals surface area contributed by atoms with E-state index in [1.165, 1.54) is 11.2 Å². The van der Waals surface area contributed by atoms with Crippen LogP contribution in [0.2, 0.25) is 0 Å². The van der Waals surface area contributed by atoms with Crippen molar-refractivity contribution >= 4 is 17.4 Å². The SMILES string of the molecule is CC(C)COc1ccc(C2=C(N3CCOCC3)C(=O)N(Cc3ccco3)C2=O)cc1. The average molecular weight is 410 g/mol. The van der Waals surface area contributed by atoms with Gasteiger partial charge >= 0.3 is 0 Å². The molecule has 7 nitrogen and oxygen atoms in total. The molecule has 0 unspecified atom stereocenters. The zero-order valence-corrected chi connectivity index (χ0v) is 17.3. The Hall–Kier alpha value is -3.06. The van der Waals surface area contributed by atoms with Crippen LogP contribution in [-0.2, 0) is 20.9 Å². The minimum absolute atomic E-state index is 0.109. The highest BCUT2D eigenvalue weighted by atomic mass is 16.5. The van der Waals surface area contributed by atoms with E-state index in [1.807, 2.05) is 29.2 Å². The summed E-state index contributed by atoms with van der Waals surface area (Å²) in [5.41, 5.74) is 1.56. The molecule has 0 N–H and O–H groups in total. The lowest BCUT2D eigenvalue weighted by molar-refractivity contribution is -0.138. The highest BCUT2D eigenvalue weighted by Gasteiger charge is 2.42. The molecule has 2 amide bonds. The van der Waals surface area contributed by atoms with E-state index in [9.17, 15) is 9.59 Å². The second kappa shape index (κ2) is 8.75. The molecule has 0 aliphatic carbocycles. The second-order valence-electron chi connectivity index (χ2n) is 7.83. The van der Waals surface area contributed by atoms with Crippen molar-refractivity contribution in [2.75, 3.05) is 32.9 Å². The van der Waals surface area contributed by atoms with Gasteiger partial charge in [-0.25, -0.2) is 0 Å². The highest BCUT2D eigenvalue weighted by molar-refractivity contribution is 6.35. The lowest BCUT2D eigenvalue weighted by atomic mass is 10.0. The molecule has 3 heterocycles. The van der Waals surface area contributed by atoms with E-state index in [2.05, 4.69) is 13.8 Å². The maximum atomic E-state index is 13.3. The number of hydrogen-bond donors (Lipinski definition) is 0. The first-order valence-corrected chi connectivity index (χ1v) is 10.2. The van der Waals surface area contributed by atoms with E-state index >= 15 is 0 Å². The van der Waals surface area contributed by atoms with Crippen molar-refractivity contribution in [3.05, 3.63) is 59.7 Å². The Balaban J connectivity index is 1.65. The number of morpholine rings is 1. The molecule has 30 heavy (non-hydrogen) atoms. The van der Waals surface area contributed by atoms with Gasteiger partial charge in [0.2, 0.25) is 0 Å². The summed E-state index contributed by atoms with van der Waals surface area (Å²) in [6.45, 7) is 7.10. The van der Waals surface area contributed by atoms with Crippen LogP contribution in [0.1, 0.15) is 25.2 Å². The zero-order valence-electron chi connectivity index (χ0n) is 17.3. The fourth-order valence-corrected chi connectivity index (χ4v) is 3.59. The first-order chi connectivity index (χ1) is 14.5. The van der Waals surface area contributed by atoms with E-state index < -0.39 is 0 Å². The molecule has 0 spiro atoms. The van der Waals surface area contributed by atoms with Gasteiger partial charge in [0, 0.05) is 13.1 Å². The molecule has 0 saturated carbocycles. The molecule has 158 valence electrons. The van der Waals surface area contributed by atoms with Gasteiger partial charge in [-0.2, -0.15) is 0 Å². The first-order valence-electron chi connectivity index (χ1n) is 10.2. The van der Waals surface area contributed by atoms with E-state index in [0.717, 1.165) is 5.75 Å². The smallest absolute Gasteiger partial charge is 0.278 e. The van der Waals surface area contributed by atoms with Crippen LogP contribution in [0, 0.1) is 5.92 Å². The molecular weight excluding hydrogens is 384 g/mol. The molecule has 1 aromatic carbocycles. The fourth-order valence-electron chi connectivity index (χ4n) is 3.59. The summed E-state index contributed by atoms with van der Waals surface area (Å²) >= 11 is 0. The molecule has 1 fully saturated rings. The quantitative estimate of drug-likeness (QED) is 0.654. The van der Waals surface area contributed by atoms with Crippen LogP contribution in [0.3, 0.4) is 0 Å². The predicted octanol–water partition coefficient (Wildman–Crippen LogP) is 2.93. The van der Waals surface area contributed by atoms with E-state index in [1.54, 1.807) is 12.1 Å². The molecule has 2 aromatic rings. The molecule has 4 rings (SSSR count). The largest absolute Gasteiger partial charge is 0.493 e. The van der Waals surface area contributed by atoms with Gasteiger partial charge in [-0.15, -0.1) is 0 Å². The predicted molar refractivity (Wildman–Crippen MR) is 110 cm³/mol. The monoisotopic (exact) mass is 410 g/mol. The van der Waals surface area contributed by atoms with Crippen molar-refractivity contribution in [2.45, 2.75) is 20.4 Å². The Bertz CT molecular complexity index is 925. The third-order valence-corrected chi connectivity index (χ3v) is 5.09. The Morgan fingerprint density at radius 3 is 2.40 bits per heavy atom. The Morgan fingerprint density at radius 1 is 1.03 bits per heavy atom. The van der Waals surface area contributed by atoms with Gasteiger partial charge in [0.15, 0.2) is 0 Å². The molecule has 1 aromatic heterocycles. The van der Waals surface area contributed by atoms with E-state index in [-0.39, 0.29) is 18.4 Å². The van der Waals surface area contributed by atoms with Crippen LogP contribution in [0.4, 0.5) is 0 Å². The number of imide groups is 1. The van der Waals surface area contributed by atoms with Crippen molar-refractivity contribution in [3.8, 4) is 5.75 Å². The van der Waals surface area contributed by atoms with Gasteiger partial charge in [0.05, 0.1) is 38.2 Å². The summed E-state index contributed by atoms with van der Waals surface area (Å²) in [4.78, 5) is 29.8. The molecule has 0 bridgehead atoms. The number of amides is 2. The molecule has 1 saturated heterocycles. The minimum Gasteiger partial charge on any atom is -0.493 e. The van der Waals surface area contributed by atoms with Gasteiger partial charge in [-0.1, -0.05) is 26.0 Å². The normalized spacial score (nSPS) is 17.4. The number of ether oxygens (including phenoxy) is 2. The maximum Gasteiger partial charge on any atom is 0.278 e. The summed E-state index contributed by atoms with van der Waals surface area (Å²) in [7, 11) is 0. The summed E-state index contributed by atoms with van der Waals surface area (Å²) in [5.74, 6) is 1.12. The van der Waals surface area contributed by atoms with Crippen LogP contribution in [0.5, 0.6) is 5.75 Å². The van der Waals surface area contributed by atoms with Gasteiger partial charge < -0.3 is 18.8 Å². The summed E-state index contributed by atoms with van der Waals surface area (Å²) in [6.07, 6.45) is 1.54. The van der Waals surface area contributed by atoms with Gasteiger partial charge in [0.25, 0.3) is 11.8 Å². The third kappa shape index (κ3) is 4.11. The molecule has 0 atom stereocenters. The van der Waals surface area contributed by atoms with Crippen molar-refractivity contribution in [1.29, 1.82) is 0 Å². The Kier molecular flexibility index (Phi) is 5.90. The number of benzene rings is 1. The summed E-state index contributed by atoms with van der Waals surface area (Å²) in [5, 5.41) is 0. The zero-order chi connectivity index (χ0) is 21.1. The van der Waals surface area contributed by atoms with E-state index in [4.69, 9.17) is 13.9 Å². The molecule has 2 aliphatic heterocycles. The highest BCUT2D eigenvalue weighted by Crippen LogP contribution is 2.33. The summed E-state index contributed by atoms with van der Waals surface area (Å²) in [6, 6.07) is 10.9. The number of carbonyl (C=O) groups is 2. The van der Waals surface area contributed by atoms with Crippen LogP contribution < -0.4 is 4.74 Å². The summed E-state index contributed by atoms with van der Waals surface area (Å²) < 4.78 is 16.5. The third-order valence-electron chi connectivity index (χ3n) is 5.09.